The Morgan fingerprint density at radius 1 is 1.28 bits per heavy atom. The Labute approximate surface area is 109 Å². The first-order chi connectivity index (χ1) is 8.74. The monoisotopic (exact) mass is 246 g/mol. The normalized spacial score (nSPS) is 29.5. The van der Waals surface area contributed by atoms with Crippen LogP contribution in [0.3, 0.4) is 0 Å². The van der Waals surface area contributed by atoms with Crippen molar-refractivity contribution < 1.29 is 4.74 Å². The zero-order valence-corrected chi connectivity index (χ0v) is 11.0. The predicted molar refractivity (Wildman–Crippen MR) is 74.9 cm³/mol. The molecular formula is C15H22N2O. The molecule has 98 valence electrons. The number of rotatable bonds is 4. The fourth-order valence-corrected chi connectivity index (χ4v) is 3.59. The minimum atomic E-state index is 0.639. The molecule has 0 aliphatic heterocycles. The zero-order chi connectivity index (χ0) is 12.5. The lowest BCUT2D eigenvalue weighted by atomic mass is 9.95. The number of fused-ring (bicyclic) bond motifs is 2. The topological polar surface area (TPSA) is 47.3 Å². The number of anilines is 2. The third-order valence-corrected chi connectivity index (χ3v) is 4.33. The summed E-state index contributed by atoms with van der Waals surface area (Å²) >= 11 is 0. The van der Waals surface area contributed by atoms with Crippen LogP contribution in [-0.2, 0) is 0 Å². The van der Waals surface area contributed by atoms with Gasteiger partial charge in [-0.15, -0.1) is 0 Å². The summed E-state index contributed by atoms with van der Waals surface area (Å²) in [5, 5.41) is 3.65. The van der Waals surface area contributed by atoms with Gasteiger partial charge in [0.1, 0.15) is 5.75 Å². The van der Waals surface area contributed by atoms with Crippen LogP contribution >= 0.6 is 0 Å². The molecule has 3 rings (SSSR count). The molecule has 3 atom stereocenters. The van der Waals surface area contributed by atoms with Crippen molar-refractivity contribution >= 4 is 11.4 Å². The van der Waals surface area contributed by atoms with Crippen molar-refractivity contribution in [1.82, 2.24) is 0 Å². The Balaban J connectivity index is 1.72. The van der Waals surface area contributed by atoms with Crippen LogP contribution in [0.25, 0.3) is 0 Å². The molecule has 3 heteroatoms. The van der Waals surface area contributed by atoms with E-state index in [4.69, 9.17) is 10.5 Å². The van der Waals surface area contributed by atoms with Gasteiger partial charge in [0.15, 0.2) is 0 Å². The second kappa shape index (κ2) is 4.71. The van der Waals surface area contributed by atoms with Crippen LogP contribution in [0.4, 0.5) is 11.4 Å². The van der Waals surface area contributed by atoms with Gasteiger partial charge in [0.2, 0.25) is 0 Å². The lowest BCUT2D eigenvalue weighted by Crippen LogP contribution is -2.25. The van der Waals surface area contributed by atoms with Gasteiger partial charge in [-0.2, -0.15) is 0 Å². The Morgan fingerprint density at radius 2 is 2.17 bits per heavy atom. The van der Waals surface area contributed by atoms with E-state index >= 15 is 0 Å². The molecule has 0 amide bonds. The summed E-state index contributed by atoms with van der Waals surface area (Å²) in [5.74, 6) is 2.69. The quantitative estimate of drug-likeness (QED) is 0.802. The van der Waals surface area contributed by atoms with Crippen molar-refractivity contribution in [2.24, 2.45) is 11.8 Å². The van der Waals surface area contributed by atoms with Crippen molar-refractivity contribution in [1.29, 1.82) is 0 Å². The number of hydrogen-bond acceptors (Lipinski definition) is 3. The first-order valence-electron chi connectivity index (χ1n) is 7.04. The summed E-state index contributed by atoms with van der Waals surface area (Å²) in [6.45, 7) is 2.67. The Kier molecular flexibility index (Phi) is 3.06. The molecule has 3 N–H and O–H groups in total. The Morgan fingerprint density at radius 3 is 2.83 bits per heavy atom. The highest BCUT2D eigenvalue weighted by atomic mass is 16.5. The van der Waals surface area contributed by atoms with Crippen molar-refractivity contribution in [3.05, 3.63) is 18.2 Å². The molecule has 3 nitrogen and oxygen atoms in total. The molecule has 1 aromatic rings. The molecule has 2 aliphatic rings. The Bertz CT molecular complexity index is 433. The van der Waals surface area contributed by atoms with E-state index in [1.54, 1.807) is 0 Å². The van der Waals surface area contributed by atoms with E-state index in [0.717, 1.165) is 29.0 Å². The van der Waals surface area contributed by atoms with Gasteiger partial charge in [0, 0.05) is 29.5 Å². The first-order valence-corrected chi connectivity index (χ1v) is 7.04. The number of nitrogen functional groups attached to an aromatic ring is 1. The molecule has 1 aromatic carbocycles. The fourth-order valence-electron chi connectivity index (χ4n) is 3.59. The lowest BCUT2D eigenvalue weighted by Gasteiger charge is -2.24. The fraction of sp³-hybridized carbons (Fsp3) is 0.600. The van der Waals surface area contributed by atoms with Crippen molar-refractivity contribution in [3.63, 3.8) is 0 Å². The summed E-state index contributed by atoms with van der Waals surface area (Å²) in [6.07, 6.45) is 5.56. The molecule has 0 aromatic heterocycles. The molecule has 0 saturated heterocycles. The van der Waals surface area contributed by atoms with Gasteiger partial charge in [-0.25, -0.2) is 0 Å². The van der Waals surface area contributed by atoms with E-state index in [-0.39, 0.29) is 0 Å². The molecule has 0 radical (unpaired) electrons. The molecule has 2 bridgehead atoms. The smallest absolute Gasteiger partial charge is 0.123 e. The van der Waals surface area contributed by atoms with Crippen molar-refractivity contribution in [2.75, 3.05) is 17.7 Å². The third-order valence-electron chi connectivity index (χ3n) is 4.33. The highest BCUT2D eigenvalue weighted by Crippen LogP contribution is 2.45. The lowest BCUT2D eigenvalue weighted by molar-refractivity contribution is 0.340. The molecule has 0 heterocycles. The van der Waals surface area contributed by atoms with E-state index in [1.165, 1.54) is 25.7 Å². The van der Waals surface area contributed by atoms with E-state index in [9.17, 15) is 0 Å². The van der Waals surface area contributed by atoms with E-state index < -0.39 is 0 Å². The third kappa shape index (κ3) is 2.26. The number of hydrogen-bond donors (Lipinski definition) is 2. The molecule has 2 aliphatic carbocycles. The standard InChI is InChI=1S/C15H22N2O/c1-2-18-14-8-12(16)7-13(9-14)17-15-6-10-3-4-11(15)5-10/h7-11,15,17H,2-6,16H2,1H3. The highest BCUT2D eigenvalue weighted by molar-refractivity contribution is 5.59. The van der Waals surface area contributed by atoms with Crippen LogP contribution in [0.15, 0.2) is 18.2 Å². The second-order valence-electron chi connectivity index (χ2n) is 5.65. The summed E-state index contributed by atoms with van der Waals surface area (Å²) in [7, 11) is 0. The minimum Gasteiger partial charge on any atom is -0.494 e. The number of benzene rings is 1. The van der Waals surface area contributed by atoms with Gasteiger partial charge < -0.3 is 15.8 Å². The van der Waals surface area contributed by atoms with Gasteiger partial charge in [-0.3, -0.25) is 0 Å². The van der Waals surface area contributed by atoms with Crippen LogP contribution in [0, 0.1) is 11.8 Å². The molecule has 0 spiro atoms. The van der Waals surface area contributed by atoms with Crippen molar-refractivity contribution in [2.45, 2.75) is 38.6 Å². The molecule has 18 heavy (non-hydrogen) atoms. The molecule has 2 fully saturated rings. The number of ether oxygens (including phenoxy) is 1. The SMILES string of the molecule is CCOc1cc(N)cc(NC2CC3CCC2C3)c1. The summed E-state index contributed by atoms with van der Waals surface area (Å²) in [6, 6.07) is 6.59. The van der Waals surface area contributed by atoms with Crippen LogP contribution in [0.5, 0.6) is 5.75 Å². The molecular weight excluding hydrogens is 224 g/mol. The Hall–Kier alpha value is -1.38. The maximum atomic E-state index is 5.92. The summed E-state index contributed by atoms with van der Waals surface area (Å²) in [4.78, 5) is 0. The van der Waals surface area contributed by atoms with E-state index in [2.05, 4.69) is 11.4 Å². The zero-order valence-electron chi connectivity index (χ0n) is 11.0. The predicted octanol–water partition coefficient (Wildman–Crippen LogP) is 3.27. The van der Waals surface area contributed by atoms with Crippen molar-refractivity contribution in [3.8, 4) is 5.75 Å². The maximum Gasteiger partial charge on any atom is 0.123 e. The van der Waals surface area contributed by atoms with Gasteiger partial charge in [0.05, 0.1) is 6.61 Å². The van der Waals surface area contributed by atoms with Gasteiger partial charge >= 0.3 is 0 Å². The summed E-state index contributed by atoms with van der Waals surface area (Å²) in [5.41, 5.74) is 7.80. The largest absolute Gasteiger partial charge is 0.494 e. The summed E-state index contributed by atoms with van der Waals surface area (Å²) < 4.78 is 5.53. The average molecular weight is 246 g/mol. The van der Waals surface area contributed by atoms with E-state index in [0.29, 0.717) is 12.6 Å². The van der Waals surface area contributed by atoms with E-state index in [1.807, 2.05) is 19.1 Å². The van der Waals surface area contributed by atoms with Crippen LogP contribution in [0.1, 0.15) is 32.6 Å². The number of nitrogens with two attached hydrogens (primary N) is 1. The van der Waals surface area contributed by atoms with Crippen LogP contribution in [-0.4, -0.2) is 12.6 Å². The highest BCUT2D eigenvalue weighted by Gasteiger charge is 2.39. The minimum absolute atomic E-state index is 0.639. The van der Waals surface area contributed by atoms with Crippen LogP contribution < -0.4 is 15.8 Å². The average Bonchev–Trinajstić information content (AvgIpc) is 2.90. The number of nitrogens with one attached hydrogen (secondary N) is 1. The second-order valence-corrected chi connectivity index (χ2v) is 5.65. The van der Waals surface area contributed by atoms with Gasteiger partial charge in [-0.1, -0.05) is 6.42 Å². The molecule has 3 unspecified atom stereocenters. The maximum absolute atomic E-state index is 5.92. The molecule has 2 saturated carbocycles. The van der Waals surface area contributed by atoms with Gasteiger partial charge in [-0.05, 0) is 44.1 Å². The van der Waals surface area contributed by atoms with Gasteiger partial charge in [0.25, 0.3) is 0 Å². The first kappa shape index (κ1) is 11.7. The van der Waals surface area contributed by atoms with Crippen LogP contribution in [0.2, 0.25) is 0 Å².